The Morgan fingerprint density at radius 1 is 0.913 bits per heavy atom. The highest BCUT2D eigenvalue weighted by atomic mass is 15.7. The van der Waals surface area contributed by atoms with Crippen LogP contribution in [0.4, 0.5) is 11.4 Å². The van der Waals surface area contributed by atoms with E-state index in [2.05, 4.69) is 60.6 Å². The van der Waals surface area contributed by atoms with Crippen molar-refractivity contribution in [2.75, 3.05) is 23.4 Å². The number of hydrogen-bond donors (Lipinski definition) is 2. The third-order valence-corrected chi connectivity index (χ3v) is 4.17. The minimum atomic E-state index is 0.389. The third kappa shape index (κ3) is 3.71. The molecule has 2 aromatic rings. The first kappa shape index (κ1) is 15.6. The number of nitrogens with one attached hydrogen (secondary N) is 2. The number of rotatable bonds is 3. The molecule has 1 aliphatic rings. The quantitative estimate of drug-likeness (QED) is 0.660. The molecule has 2 N–H and O–H groups in total. The molecule has 0 amide bonds. The molecule has 0 atom stereocenters. The van der Waals surface area contributed by atoms with Crippen LogP contribution in [0.1, 0.15) is 24.0 Å². The van der Waals surface area contributed by atoms with Crippen molar-refractivity contribution in [3.63, 3.8) is 0 Å². The first-order valence-electron chi connectivity index (χ1n) is 8.17. The SMILES string of the molecule is Cc1ccc(NC(=N)N(c2ccc(C)cc2)N2CCCC2)cc1. The summed E-state index contributed by atoms with van der Waals surface area (Å²) in [6, 6.07) is 16.5. The van der Waals surface area contributed by atoms with Crippen LogP contribution in [0.25, 0.3) is 0 Å². The van der Waals surface area contributed by atoms with Gasteiger partial charge >= 0.3 is 0 Å². The van der Waals surface area contributed by atoms with Crippen LogP contribution in [0.15, 0.2) is 48.5 Å². The molecule has 1 aliphatic heterocycles. The molecule has 0 radical (unpaired) electrons. The van der Waals surface area contributed by atoms with Gasteiger partial charge in [-0.3, -0.25) is 5.41 Å². The van der Waals surface area contributed by atoms with Crippen molar-refractivity contribution in [3.05, 3.63) is 59.7 Å². The van der Waals surface area contributed by atoms with E-state index < -0.39 is 0 Å². The molecule has 1 heterocycles. The minimum Gasteiger partial charge on any atom is -0.325 e. The number of anilines is 2. The lowest BCUT2D eigenvalue weighted by molar-refractivity contribution is 0.353. The van der Waals surface area contributed by atoms with Crippen molar-refractivity contribution in [2.24, 2.45) is 0 Å². The van der Waals surface area contributed by atoms with Crippen molar-refractivity contribution < 1.29 is 0 Å². The van der Waals surface area contributed by atoms with Gasteiger partial charge in [0.2, 0.25) is 5.96 Å². The van der Waals surface area contributed by atoms with E-state index in [1.807, 2.05) is 17.1 Å². The van der Waals surface area contributed by atoms with Gasteiger partial charge in [0.15, 0.2) is 0 Å². The van der Waals surface area contributed by atoms with Crippen molar-refractivity contribution in [1.82, 2.24) is 5.01 Å². The molecule has 0 spiro atoms. The highest BCUT2D eigenvalue weighted by Crippen LogP contribution is 2.22. The minimum absolute atomic E-state index is 0.389. The highest BCUT2D eigenvalue weighted by molar-refractivity contribution is 6.02. The summed E-state index contributed by atoms with van der Waals surface area (Å²) in [5, 5.41) is 16.0. The monoisotopic (exact) mass is 308 g/mol. The number of hydrazine groups is 1. The average Bonchev–Trinajstić information content (AvgIpc) is 3.06. The summed E-state index contributed by atoms with van der Waals surface area (Å²) in [5.74, 6) is 0.389. The fourth-order valence-electron chi connectivity index (χ4n) is 2.85. The normalized spacial score (nSPS) is 14.7. The smallest absolute Gasteiger partial charge is 0.215 e. The molecule has 120 valence electrons. The lowest BCUT2D eigenvalue weighted by Gasteiger charge is -2.33. The van der Waals surface area contributed by atoms with Gasteiger partial charge in [-0.05, 0) is 51.0 Å². The van der Waals surface area contributed by atoms with E-state index in [1.54, 1.807) is 0 Å². The Morgan fingerprint density at radius 2 is 1.43 bits per heavy atom. The maximum Gasteiger partial charge on any atom is 0.215 e. The third-order valence-electron chi connectivity index (χ3n) is 4.17. The fourth-order valence-corrected chi connectivity index (χ4v) is 2.85. The summed E-state index contributed by atoms with van der Waals surface area (Å²) >= 11 is 0. The fraction of sp³-hybridized carbons (Fsp3) is 0.316. The topological polar surface area (TPSA) is 42.4 Å². The van der Waals surface area contributed by atoms with Crippen LogP contribution in [-0.2, 0) is 0 Å². The van der Waals surface area contributed by atoms with Crippen molar-refractivity contribution in [3.8, 4) is 0 Å². The van der Waals surface area contributed by atoms with E-state index in [4.69, 9.17) is 5.41 Å². The molecule has 0 unspecified atom stereocenters. The van der Waals surface area contributed by atoms with Crippen molar-refractivity contribution in [2.45, 2.75) is 26.7 Å². The van der Waals surface area contributed by atoms with E-state index in [1.165, 1.54) is 24.0 Å². The first-order valence-corrected chi connectivity index (χ1v) is 8.17. The van der Waals surface area contributed by atoms with Gasteiger partial charge < -0.3 is 5.32 Å². The maximum absolute atomic E-state index is 8.57. The largest absolute Gasteiger partial charge is 0.325 e. The van der Waals surface area contributed by atoms with Gasteiger partial charge in [-0.2, -0.15) is 0 Å². The Labute approximate surface area is 138 Å². The molecule has 4 heteroatoms. The lowest BCUT2D eigenvalue weighted by atomic mass is 10.2. The van der Waals surface area contributed by atoms with Crippen LogP contribution in [0.3, 0.4) is 0 Å². The van der Waals surface area contributed by atoms with Crippen molar-refractivity contribution >= 4 is 17.3 Å². The standard InChI is InChI=1S/C19H24N4/c1-15-5-9-17(10-6-15)21-19(20)23(22-13-3-4-14-22)18-11-7-16(2)8-12-18/h5-12H,3-4,13-14H2,1-2H3,(H2,20,21). The van der Waals surface area contributed by atoms with Crippen molar-refractivity contribution in [1.29, 1.82) is 5.41 Å². The Hall–Kier alpha value is -2.33. The molecule has 1 fully saturated rings. The predicted octanol–water partition coefficient (Wildman–Crippen LogP) is 4.17. The zero-order valence-electron chi connectivity index (χ0n) is 13.8. The van der Waals surface area contributed by atoms with Crippen LogP contribution in [-0.4, -0.2) is 24.1 Å². The van der Waals surface area contributed by atoms with Crippen LogP contribution in [0, 0.1) is 19.3 Å². The van der Waals surface area contributed by atoms with E-state index in [0.717, 1.165) is 24.5 Å². The van der Waals surface area contributed by atoms with Gasteiger partial charge in [-0.25, -0.2) is 10.0 Å². The van der Waals surface area contributed by atoms with E-state index >= 15 is 0 Å². The Kier molecular flexibility index (Phi) is 4.63. The molecule has 0 bridgehead atoms. The molecule has 2 aromatic carbocycles. The second kappa shape index (κ2) is 6.84. The molecule has 0 aliphatic carbocycles. The molecule has 1 saturated heterocycles. The van der Waals surface area contributed by atoms with Crippen LogP contribution in [0.5, 0.6) is 0 Å². The second-order valence-electron chi connectivity index (χ2n) is 6.15. The average molecular weight is 308 g/mol. The number of guanidine groups is 1. The first-order chi connectivity index (χ1) is 11.1. The van der Waals surface area contributed by atoms with Gasteiger partial charge in [0, 0.05) is 18.8 Å². The van der Waals surface area contributed by atoms with E-state index in [-0.39, 0.29) is 0 Å². The Morgan fingerprint density at radius 3 is 2.00 bits per heavy atom. The molecular weight excluding hydrogens is 284 g/mol. The van der Waals surface area contributed by atoms with Gasteiger partial charge in [-0.1, -0.05) is 35.4 Å². The van der Waals surface area contributed by atoms with Crippen LogP contribution in [0.2, 0.25) is 0 Å². The number of benzene rings is 2. The molecule has 23 heavy (non-hydrogen) atoms. The zero-order chi connectivity index (χ0) is 16.2. The van der Waals surface area contributed by atoms with Gasteiger partial charge in [0.1, 0.15) is 0 Å². The summed E-state index contributed by atoms with van der Waals surface area (Å²) in [7, 11) is 0. The van der Waals surface area contributed by atoms with Gasteiger partial charge in [0.05, 0.1) is 5.69 Å². The predicted molar refractivity (Wildman–Crippen MR) is 97.0 cm³/mol. The molecule has 0 aromatic heterocycles. The lowest BCUT2D eigenvalue weighted by Crippen LogP contribution is -2.47. The summed E-state index contributed by atoms with van der Waals surface area (Å²) in [4.78, 5) is 0. The second-order valence-corrected chi connectivity index (χ2v) is 6.15. The number of nitrogens with zero attached hydrogens (tertiary/aromatic N) is 2. The summed E-state index contributed by atoms with van der Waals surface area (Å²) in [6.07, 6.45) is 2.36. The molecular formula is C19H24N4. The van der Waals surface area contributed by atoms with Gasteiger partial charge in [0.25, 0.3) is 0 Å². The molecule has 3 rings (SSSR count). The highest BCUT2D eigenvalue weighted by Gasteiger charge is 2.23. The maximum atomic E-state index is 8.57. The van der Waals surface area contributed by atoms with Crippen LogP contribution < -0.4 is 10.3 Å². The summed E-state index contributed by atoms with van der Waals surface area (Å²) < 4.78 is 0. The van der Waals surface area contributed by atoms with E-state index in [0.29, 0.717) is 5.96 Å². The zero-order valence-corrected chi connectivity index (χ0v) is 13.8. The molecule has 0 saturated carbocycles. The Bertz CT molecular complexity index is 655. The van der Waals surface area contributed by atoms with Gasteiger partial charge in [-0.15, -0.1) is 0 Å². The Balaban J connectivity index is 1.83. The van der Waals surface area contributed by atoms with Crippen LogP contribution >= 0.6 is 0 Å². The number of aryl methyl sites for hydroxylation is 2. The molecule has 4 nitrogen and oxygen atoms in total. The summed E-state index contributed by atoms with van der Waals surface area (Å²) in [6.45, 7) is 6.13. The van der Waals surface area contributed by atoms with E-state index in [9.17, 15) is 0 Å². The summed E-state index contributed by atoms with van der Waals surface area (Å²) in [5.41, 5.74) is 4.42. The number of hydrogen-bond acceptors (Lipinski definition) is 2.